The van der Waals surface area contributed by atoms with Gasteiger partial charge in [0.25, 0.3) is 0 Å². The van der Waals surface area contributed by atoms with Crippen LogP contribution in [-0.4, -0.2) is 18.3 Å². The van der Waals surface area contributed by atoms with Gasteiger partial charge in [-0.3, -0.25) is 0 Å². The number of thioether (sulfide) groups is 1. The molecule has 7 heteroatoms. The van der Waals surface area contributed by atoms with Gasteiger partial charge in [-0.25, -0.2) is 0 Å². The Morgan fingerprint density at radius 1 is 0.955 bits per heavy atom. The first-order chi connectivity index (χ1) is 21.5. The average Bonchev–Trinajstić information content (AvgIpc) is 3.36. The summed E-state index contributed by atoms with van der Waals surface area (Å²) < 4.78 is 0. The molecule has 1 aliphatic heterocycles. The predicted molar refractivity (Wildman–Crippen MR) is 184 cm³/mol. The zero-order chi connectivity index (χ0) is 31.1. The molecule has 0 aromatic heterocycles. The highest BCUT2D eigenvalue weighted by Gasteiger charge is 2.42. The van der Waals surface area contributed by atoms with Gasteiger partial charge in [0, 0.05) is 52.8 Å². The molecule has 1 heterocycles. The number of fused-ring (bicyclic) bond motifs is 3. The normalized spacial score (nSPS) is 26.2. The van der Waals surface area contributed by atoms with Crippen LogP contribution in [0.3, 0.4) is 0 Å². The third-order valence-corrected chi connectivity index (χ3v) is 11.1. The minimum atomic E-state index is 0.237. The highest BCUT2D eigenvalue weighted by atomic mass is 32.2. The molecule has 0 spiro atoms. The first-order valence-corrected chi connectivity index (χ1v) is 17.0. The second-order valence-corrected chi connectivity index (χ2v) is 13.8. The Hall–Kier alpha value is -3.73. The molecule has 0 N–H and O–H groups in total. The number of hydrogen-bond acceptors (Lipinski definition) is 3. The lowest BCUT2D eigenvalue weighted by atomic mass is 9.70. The Morgan fingerprint density at radius 2 is 1.70 bits per heavy atom. The van der Waals surface area contributed by atoms with Crippen molar-refractivity contribution in [1.82, 2.24) is 0 Å². The Bertz CT molecular complexity index is 1680. The molecule has 44 heavy (non-hydrogen) atoms. The summed E-state index contributed by atoms with van der Waals surface area (Å²) in [5.74, 6) is 15.6. The lowest BCUT2D eigenvalue weighted by molar-refractivity contribution is 0.401. The fourth-order valence-electron chi connectivity index (χ4n) is 7.41. The van der Waals surface area contributed by atoms with Crippen molar-refractivity contribution in [3.8, 4) is 23.7 Å². The smallest absolute Gasteiger partial charge is 0.0367 e. The molecule has 2 aromatic rings. The van der Waals surface area contributed by atoms with Gasteiger partial charge in [0.2, 0.25) is 0 Å². The third-order valence-electron chi connectivity index (χ3n) is 9.43. The van der Waals surface area contributed by atoms with Crippen molar-refractivity contribution in [3.63, 3.8) is 0 Å². The molecule has 6 atom stereocenters. The molecule has 0 fully saturated rings. The zero-order valence-electron chi connectivity index (χ0n) is 26.4. The first-order valence-electron chi connectivity index (χ1n) is 16.1. The summed E-state index contributed by atoms with van der Waals surface area (Å²) in [6, 6.07) is 13.5. The van der Waals surface area contributed by atoms with Crippen molar-refractivity contribution in [1.29, 1.82) is 0 Å². The van der Waals surface area contributed by atoms with Crippen LogP contribution in [0.2, 0.25) is 0 Å². The average molecular weight is 603 g/mol. The lowest BCUT2D eigenvalue weighted by Crippen LogP contribution is -2.31. The molecule has 2 aliphatic carbocycles. The van der Waals surface area contributed by atoms with Gasteiger partial charge >= 0.3 is 0 Å². The van der Waals surface area contributed by atoms with E-state index in [4.69, 9.17) is 11.1 Å². The molecule has 5 rings (SSSR count). The van der Waals surface area contributed by atoms with Crippen LogP contribution in [0.5, 0.6) is 0 Å². The Morgan fingerprint density at radius 3 is 2.45 bits per heavy atom. The van der Waals surface area contributed by atoms with Gasteiger partial charge in [-0.2, -0.15) is 0 Å². The molecule has 226 valence electrons. The van der Waals surface area contributed by atoms with Crippen molar-refractivity contribution in [3.05, 3.63) is 84.5 Å². The van der Waals surface area contributed by atoms with Crippen LogP contribution in [0.15, 0.2) is 62.7 Å². The summed E-state index contributed by atoms with van der Waals surface area (Å²) in [5.41, 5.74) is 24.9. The molecular weight excluding hydrogens is 561 g/mol. The van der Waals surface area contributed by atoms with Crippen molar-refractivity contribution in [2.24, 2.45) is 39.8 Å². The maximum atomic E-state index is 8.66. The molecule has 2 aromatic carbocycles. The van der Waals surface area contributed by atoms with E-state index in [9.17, 15) is 0 Å². The maximum absolute atomic E-state index is 8.66. The maximum Gasteiger partial charge on any atom is 0.0367 e. The molecule has 6 nitrogen and oxygen atoms in total. The van der Waals surface area contributed by atoms with Gasteiger partial charge in [-0.15, -0.1) is 29.5 Å². The Balaban J connectivity index is 1.64. The number of benzene rings is 2. The van der Waals surface area contributed by atoms with Crippen LogP contribution in [0.25, 0.3) is 37.2 Å². The SMILES string of the molecule is CCC1SC2=C(C[C@H](C#CCCN=[N+]=[N-])[C@@H](C)C2)/C(=C2/c3c(ccc4ccccc34)CC2C)C1C[C@H](C)C#CCCN=[N+]=[N-]. The molecule has 3 aliphatic rings. The number of rotatable bonds is 7. The number of azide groups is 2. The van der Waals surface area contributed by atoms with Crippen molar-refractivity contribution in [2.75, 3.05) is 13.1 Å². The van der Waals surface area contributed by atoms with E-state index in [-0.39, 0.29) is 11.8 Å². The standard InChI is InChI=1S/C37H42N6S/c1-5-33-31(20-24(2)12-8-10-18-40-42-38)37(32-23-28(14-9-11-19-41-43-39)25(3)22-34(32)44-33)35-26(4)21-29-17-16-27-13-6-7-15-30(27)36(29)35/h6-7,13,15-17,24-26,28,31,33H,5,10-11,18-23H2,1-4H3/b37-35+/t24-,25+,26?,28+,31?,33?/m1/s1. The minimum absolute atomic E-state index is 0.237. The highest BCUT2D eigenvalue weighted by molar-refractivity contribution is 8.03. The predicted octanol–water partition coefficient (Wildman–Crippen LogP) is 10.7. The largest absolute Gasteiger partial charge is 0.126 e. The van der Waals surface area contributed by atoms with Crippen LogP contribution in [0.1, 0.15) is 77.3 Å². The number of hydrogen-bond donors (Lipinski definition) is 0. The summed E-state index contributed by atoms with van der Waals surface area (Å²) in [7, 11) is 0. The molecule has 0 saturated heterocycles. The van der Waals surface area contributed by atoms with Gasteiger partial charge in [0.15, 0.2) is 0 Å². The van der Waals surface area contributed by atoms with E-state index in [0.29, 0.717) is 48.9 Å². The summed E-state index contributed by atoms with van der Waals surface area (Å²) in [5, 5.41) is 10.5. The van der Waals surface area contributed by atoms with E-state index in [1.807, 2.05) is 0 Å². The summed E-state index contributed by atoms with van der Waals surface area (Å²) in [6.45, 7) is 10.2. The van der Waals surface area contributed by atoms with Crippen LogP contribution in [0, 0.1) is 53.3 Å². The van der Waals surface area contributed by atoms with E-state index in [2.05, 4.69) is 120 Å². The van der Waals surface area contributed by atoms with E-state index < -0.39 is 0 Å². The summed E-state index contributed by atoms with van der Waals surface area (Å²) in [6.07, 6.45) is 6.46. The fourth-order valence-corrected chi connectivity index (χ4v) is 9.05. The Kier molecular flexibility index (Phi) is 10.7. The van der Waals surface area contributed by atoms with Crippen molar-refractivity contribution in [2.45, 2.75) is 77.9 Å². The van der Waals surface area contributed by atoms with Crippen molar-refractivity contribution < 1.29 is 0 Å². The number of allylic oxidation sites excluding steroid dienone is 4. The second-order valence-electron chi connectivity index (χ2n) is 12.5. The molecule has 0 bridgehead atoms. The van der Waals surface area contributed by atoms with Gasteiger partial charge in [0.05, 0.1) is 0 Å². The third kappa shape index (κ3) is 6.82. The monoisotopic (exact) mass is 602 g/mol. The van der Waals surface area contributed by atoms with Crippen LogP contribution >= 0.6 is 11.8 Å². The van der Waals surface area contributed by atoms with Gasteiger partial charge in [-0.1, -0.05) is 80.2 Å². The summed E-state index contributed by atoms with van der Waals surface area (Å²) in [4.78, 5) is 7.32. The Labute approximate surface area is 266 Å². The van der Waals surface area contributed by atoms with E-state index in [1.54, 1.807) is 21.6 Å². The molecular formula is C37H42N6S. The second kappa shape index (κ2) is 14.8. The first kappa shape index (κ1) is 31.7. The quantitative estimate of drug-likeness (QED) is 0.102. The molecule has 0 saturated carbocycles. The lowest BCUT2D eigenvalue weighted by Gasteiger charge is -2.43. The van der Waals surface area contributed by atoms with Crippen LogP contribution < -0.4 is 0 Å². The van der Waals surface area contributed by atoms with E-state index in [1.165, 1.54) is 21.9 Å². The molecule has 0 amide bonds. The minimum Gasteiger partial charge on any atom is -0.126 e. The molecule has 3 unspecified atom stereocenters. The highest BCUT2D eigenvalue weighted by Crippen LogP contribution is 2.57. The fraction of sp³-hybridized carbons (Fsp3) is 0.514. The topological polar surface area (TPSA) is 97.5 Å². The number of nitrogens with zero attached hydrogens (tertiary/aromatic N) is 6. The van der Waals surface area contributed by atoms with Crippen LogP contribution in [-0.2, 0) is 6.42 Å². The van der Waals surface area contributed by atoms with E-state index >= 15 is 0 Å². The molecule has 0 radical (unpaired) electrons. The van der Waals surface area contributed by atoms with Gasteiger partial charge in [-0.05, 0) is 104 Å². The van der Waals surface area contributed by atoms with E-state index in [0.717, 1.165) is 32.1 Å². The zero-order valence-corrected chi connectivity index (χ0v) is 27.2. The van der Waals surface area contributed by atoms with Gasteiger partial charge < -0.3 is 0 Å². The summed E-state index contributed by atoms with van der Waals surface area (Å²) >= 11 is 2.13. The van der Waals surface area contributed by atoms with Gasteiger partial charge in [0.1, 0.15) is 0 Å². The van der Waals surface area contributed by atoms with Crippen molar-refractivity contribution >= 4 is 28.1 Å². The van der Waals surface area contributed by atoms with Crippen LogP contribution in [0.4, 0.5) is 0 Å².